The number of carboxylic acids is 1. The second-order valence-electron chi connectivity index (χ2n) is 6.34. The van der Waals surface area contributed by atoms with Gasteiger partial charge in [-0.25, -0.2) is 9.48 Å². The molecule has 0 bridgehead atoms. The van der Waals surface area contributed by atoms with Gasteiger partial charge < -0.3 is 10.1 Å². The quantitative estimate of drug-likeness (QED) is 0.630. The molecule has 0 fully saturated rings. The molecule has 0 saturated carbocycles. The van der Waals surface area contributed by atoms with Gasteiger partial charge in [-0.15, -0.1) is 0 Å². The average Bonchev–Trinajstić information content (AvgIpc) is 3.25. The summed E-state index contributed by atoms with van der Waals surface area (Å²) in [7, 11) is 2.12. The van der Waals surface area contributed by atoms with Crippen LogP contribution in [0, 0.1) is 6.92 Å². The first-order valence-corrected chi connectivity index (χ1v) is 8.86. The van der Waals surface area contributed by atoms with Gasteiger partial charge in [0, 0.05) is 31.2 Å². The molecule has 3 rings (SSSR count). The number of hydrogen-bond donors (Lipinski definition) is 2. The van der Waals surface area contributed by atoms with Crippen molar-refractivity contribution in [1.82, 2.24) is 19.7 Å². The van der Waals surface area contributed by atoms with E-state index in [4.69, 9.17) is 21.5 Å². The lowest BCUT2D eigenvalue weighted by Crippen LogP contribution is -2.21. The van der Waals surface area contributed by atoms with Crippen molar-refractivity contribution in [2.75, 3.05) is 7.05 Å². The monoisotopic (exact) mass is 428 g/mol. The summed E-state index contributed by atoms with van der Waals surface area (Å²) in [5.74, 6) is -2.76. The SMILES string of the molecule is Cc1nn(-c2ccc(CN(C)Cc3ccc[nH]3)cc2)cc1Cl.O=C(O)C(F)(F)F. The Morgan fingerprint density at radius 1 is 1.24 bits per heavy atom. The number of aromatic amines is 1. The number of aliphatic carboxylic acids is 1. The Morgan fingerprint density at radius 2 is 1.86 bits per heavy atom. The van der Waals surface area contributed by atoms with Gasteiger partial charge in [-0.3, -0.25) is 4.90 Å². The summed E-state index contributed by atoms with van der Waals surface area (Å²) in [6.07, 6.45) is -1.29. The van der Waals surface area contributed by atoms with Gasteiger partial charge >= 0.3 is 12.1 Å². The summed E-state index contributed by atoms with van der Waals surface area (Å²) in [6, 6.07) is 12.5. The average molecular weight is 429 g/mol. The smallest absolute Gasteiger partial charge is 0.475 e. The Hall–Kier alpha value is -2.78. The first-order valence-electron chi connectivity index (χ1n) is 8.48. The number of nitrogens with zero attached hydrogens (tertiary/aromatic N) is 3. The standard InChI is InChI=1S/C17H19ClN4.C2HF3O2/c1-13-17(18)12-22(20-13)16-7-5-14(6-8-16)10-21(2)11-15-4-3-9-19-15;3-2(4,5)1(6)7/h3-9,12,19H,10-11H2,1-2H3;(H,6,7). The lowest BCUT2D eigenvalue weighted by Gasteiger charge is -2.16. The number of rotatable bonds is 5. The third kappa shape index (κ3) is 6.95. The molecule has 0 aliphatic rings. The molecule has 1 aromatic carbocycles. The normalized spacial score (nSPS) is 11.3. The lowest BCUT2D eigenvalue weighted by molar-refractivity contribution is -0.192. The minimum Gasteiger partial charge on any atom is -0.475 e. The Balaban J connectivity index is 0.000000370. The van der Waals surface area contributed by atoms with Crippen LogP contribution in [0.4, 0.5) is 13.2 Å². The van der Waals surface area contributed by atoms with E-state index >= 15 is 0 Å². The predicted molar refractivity (Wildman–Crippen MR) is 103 cm³/mol. The number of benzene rings is 1. The van der Waals surface area contributed by atoms with Crippen molar-refractivity contribution in [2.24, 2.45) is 0 Å². The molecule has 0 radical (unpaired) electrons. The van der Waals surface area contributed by atoms with Crippen LogP contribution in [0.3, 0.4) is 0 Å². The molecule has 0 unspecified atom stereocenters. The van der Waals surface area contributed by atoms with Gasteiger partial charge in [0.1, 0.15) is 0 Å². The number of H-pyrrole nitrogens is 1. The molecule has 2 N–H and O–H groups in total. The highest BCUT2D eigenvalue weighted by Gasteiger charge is 2.38. The maximum Gasteiger partial charge on any atom is 0.490 e. The Labute approximate surface area is 170 Å². The van der Waals surface area contributed by atoms with E-state index in [0.717, 1.165) is 24.5 Å². The van der Waals surface area contributed by atoms with Crippen LogP contribution in [0.15, 0.2) is 48.8 Å². The molecule has 0 aliphatic carbocycles. The molecule has 2 aromatic heterocycles. The third-order valence-electron chi connectivity index (χ3n) is 3.84. The highest BCUT2D eigenvalue weighted by Crippen LogP contribution is 2.17. The maximum atomic E-state index is 10.6. The predicted octanol–water partition coefficient (Wildman–Crippen LogP) is 4.43. The van der Waals surface area contributed by atoms with Gasteiger partial charge in [0.15, 0.2) is 0 Å². The molecule has 0 atom stereocenters. The number of hydrogen-bond acceptors (Lipinski definition) is 3. The molecule has 6 nitrogen and oxygen atoms in total. The highest BCUT2D eigenvalue weighted by atomic mass is 35.5. The molecule has 0 amide bonds. The molecule has 2 heterocycles. The van der Waals surface area contributed by atoms with Gasteiger partial charge in [0.05, 0.1) is 16.4 Å². The fraction of sp³-hybridized carbons (Fsp3) is 0.263. The number of carbonyl (C=O) groups is 1. The number of aryl methyl sites for hydroxylation is 1. The molecular formula is C19H20ClF3N4O2. The van der Waals surface area contributed by atoms with E-state index in [9.17, 15) is 13.2 Å². The Bertz CT molecular complexity index is 903. The van der Waals surface area contributed by atoms with Gasteiger partial charge in [0.25, 0.3) is 0 Å². The topological polar surface area (TPSA) is 74.2 Å². The van der Waals surface area contributed by atoms with E-state index in [-0.39, 0.29) is 0 Å². The highest BCUT2D eigenvalue weighted by molar-refractivity contribution is 6.31. The van der Waals surface area contributed by atoms with Crippen molar-refractivity contribution in [2.45, 2.75) is 26.2 Å². The molecular weight excluding hydrogens is 409 g/mol. The van der Waals surface area contributed by atoms with Crippen LogP contribution in [-0.2, 0) is 17.9 Å². The zero-order chi connectivity index (χ0) is 21.6. The second kappa shape index (κ2) is 9.62. The molecule has 0 spiro atoms. The van der Waals surface area contributed by atoms with E-state index in [1.54, 1.807) is 0 Å². The largest absolute Gasteiger partial charge is 0.490 e. The van der Waals surface area contributed by atoms with Crippen LogP contribution < -0.4 is 0 Å². The summed E-state index contributed by atoms with van der Waals surface area (Å²) >= 11 is 6.05. The molecule has 3 aromatic rings. The zero-order valence-corrected chi connectivity index (χ0v) is 16.5. The summed E-state index contributed by atoms with van der Waals surface area (Å²) in [5, 5.41) is 12.2. The summed E-state index contributed by atoms with van der Waals surface area (Å²) in [4.78, 5) is 14.4. The van der Waals surface area contributed by atoms with E-state index < -0.39 is 12.1 Å². The lowest BCUT2D eigenvalue weighted by atomic mass is 10.2. The van der Waals surface area contributed by atoms with Gasteiger partial charge in [0.2, 0.25) is 0 Å². The minimum absolute atomic E-state index is 0.690. The van der Waals surface area contributed by atoms with Gasteiger partial charge in [-0.1, -0.05) is 23.7 Å². The fourth-order valence-corrected chi connectivity index (χ4v) is 2.58. The number of alkyl halides is 3. The van der Waals surface area contributed by atoms with E-state index in [2.05, 4.69) is 52.4 Å². The first kappa shape index (κ1) is 22.5. The maximum absolute atomic E-state index is 10.6. The van der Waals surface area contributed by atoms with Crippen molar-refractivity contribution in [3.63, 3.8) is 0 Å². The first-order chi connectivity index (χ1) is 13.6. The van der Waals surface area contributed by atoms with Crippen LogP contribution in [0.25, 0.3) is 5.69 Å². The van der Waals surface area contributed by atoms with Crippen molar-refractivity contribution in [1.29, 1.82) is 0 Å². The van der Waals surface area contributed by atoms with Crippen LogP contribution in [0.1, 0.15) is 17.0 Å². The zero-order valence-electron chi connectivity index (χ0n) is 15.7. The number of carboxylic acid groups (broad SMARTS) is 1. The number of halogens is 4. The summed E-state index contributed by atoms with van der Waals surface area (Å²) < 4.78 is 33.5. The van der Waals surface area contributed by atoms with E-state index in [0.29, 0.717) is 5.02 Å². The number of aromatic nitrogens is 3. The number of nitrogens with one attached hydrogen (secondary N) is 1. The summed E-state index contributed by atoms with van der Waals surface area (Å²) in [5.41, 5.74) is 4.36. The molecule has 0 aliphatic heterocycles. The Morgan fingerprint density at radius 3 is 2.31 bits per heavy atom. The Kier molecular flexibility index (Phi) is 7.46. The van der Waals surface area contributed by atoms with Crippen LogP contribution in [-0.4, -0.2) is 44.0 Å². The van der Waals surface area contributed by atoms with Gasteiger partial charge in [-0.2, -0.15) is 18.3 Å². The molecule has 10 heteroatoms. The van der Waals surface area contributed by atoms with Crippen LogP contribution in [0.2, 0.25) is 5.02 Å². The van der Waals surface area contributed by atoms with Gasteiger partial charge in [-0.05, 0) is 43.8 Å². The van der Waals surface area contributed by atoms with Crippen molar-refractivity contribution < 1.29 is 23.1 Å². The third-order valence-corrected chi connectivity index (χ3v) is 4.21. The van der Waals surface area contributed by atoms with Crippen LogP contribution >= 0.6 is 11.6 Å². The van der Waals surface area contributed by atoms with Crippen LogP contribution in [0.5, 0.6) is 0 Å². The molecule has 0 saturated heterocycles. The molecule has 156 valence electrons. The van der Waals surface area contributed by atoms with Crippen molar-refractivity contribution in [3.8, 4) is 5.69 Å². The molecule has 29 heavy (non-hydrogen) atoms. The minimum atomic E-state index is -5.08. The van der Waals surface area contributed by atoms with E-state index in [1.807, 2.05) is 30.1 Å². The van der Waals surface area contributed by atoms with E-state index in [1.165, 1.54) is 11.3 Å². The fourth-order valence-electron chi connectivity index (χ4n) is 2.45. The van der Waals surface area contributed by atoms with Crippen molar-refractivity contribution >= 4 is 17.6 Å². The summed E-state index contributed by atoms with van der Waals surface area (Å²) in [6.45, 7) is 3.71. The second-order valence-corrected chi connectivity index (χ2v) is 6.75. The van der Waals surface area contributed by atoms with Crippen molar-refractivity contribution in [3.05, 3.63) is 70.8 Å².